The molecule has 1 aromatic carbocycles. The van der Waals surface area contributed by atoms with E-state index in [9.17, 15) is 0 Å². The summed E-state index contributed by atoms with van der Waals surface area (Å²) in [6.07, 6.45) is 7.83. The standard InChI is InChI=1S/C24H33N7/c1-25-24(26-15-8-10-23-28-27-22-9-4-7-18-31(22)23)29(2)19-20-11-13-21(14-12-20)30-16-5-3-6-17-30/h4,7,9,11-14,18H,3,5-6,8,10,15-17,19H2,1-2H3,(H,25,26). The number of piperidine rings is 1. The fraction of sp³-hybridized carbons (Fsp3) is 0.458. The van der Waals surface area contributed by atoms with Crippen LogP contribution in [0.3, 0.4) is 0 Å². The number of nitrogens with zero attached hydrogens (tertiary/aromatic N) is 6. The van der Waals surface area contributed by atoms with Crippen LogP contribution in [0.4, 0.5) is 5.69 Å². The van der Waals surface area contributed by atoms with E-state index in [4.69, 9.17) is 0 Å². The lowest BCUT2D eigenvalue weighted by Gasteiger charge is -2.29. The molecule has 2 aromatic heterocycles. The summed E-state index contributed by atoms with van der Waals surface area (Å²) < 4.78 is 2.05. The van der Waals surface area contributed by atoms with Gasteiger partial charge in [-0.3, -0.25) is 9.39 Å². The van der Waals surface area contributed by atoms with E-state index in [2.05, 4.69) is 66.0 Å². The van der Waals surface area contributed by atoms with Crippen molar-refractivity contribution in [2.45, 2.75) is 38.6 Å². The third-order valence-electron chi connectivity index (χ3n) is 5.90. The van der Waals surface area contributed by atoms with E-state index < -0.39 is 0 Å². The highest BCUT2D eigenvalue weighted by Gasteiger charge is 2.12. The largest absolute Gasteiger partial charge is 0.372 e. The van der Waals surface area contributed by atoms with Gasteiger partial charge in [-0.2, -0.15) is 0 Å². The quantitative estimate of drug-likeness (QED) is 0.361. The molecule has 3 heterocycles. The van der Waals surface area contributed by atoms with Gasteiger partial charge in [0.05, 0.1) is 0 Å². The van der Waals surface area contributed by atoms with E-state index in [1.807, 2.05) is 31.4 Å². The van der Waals surface area contributed by atoms with Crippen molar-refractivity contribution < 1.29 is 0 Å². The topological polar surface area (TPSA) is 61.1 Å². The van der Waals surface area contributed by atoms with Crippen LogP contribution >= 0.6 is 0 Å². The van der Waals surface area contributed by atoms with Crippen LogP contribution in [0.1, 0.15) is 37.1 Å². The lowest BCUT2D eigenvalue weighted by molar-refractivity contribution is 0.475. The van der Waals surface area contributed by atoms with Crippen LogP contribution in [0.25, 0.3) is 5.65 Å². The number of hydrogen-bond donors (Lipinski definition) is 1. The van der Waals surface area contributed by atoms with E-state index in [0.717, 1.165) is 43.4 Å². The summed E-state index contributed by atoms with van der Waals surface area (Å²) in [5.74, 6) is 1.90. The fourth-order valence-corrected chi connectivity index (χ4v) is 4.21. The van der Waals surface area contributed by atoms with Crippen LogP contribution in [0.5, 0.6) is 0 Å². The summed E-state index contributed by atoms with van der Waals surface area (Å²) in [6.45, 7) is 4.03. The van der Waals surface area contributed by atoms with Gasteiger partial charge in [-0.1, -0.05) is 18.2 Å². The zero-order valence-electron chi connectivity index (χ0n) is 18.7. The SMILES string of the molecule is CN=C(NCCCc1nnc2ccccn12)N(C)Cc1ccc(N2CCCCC2)cc1. The molecular weight excluding hydrogens is 386 g/mol. The predicted octanol–water partition coefficient (Wildman–Crippen LogP) is 3.36. The second kappa shape index (κ2) is 10.3. The maximum atomic E-state index is 4.45. The van der Waals surface area contributed by atoms with Crippen LogP contribution in [0.2, 0.25) is 0 Å². The number of aliphatic imine (C=N–C) groups is 1. The molecular formula is C24H33N7. The molecule has 0 amide bonds. The van der Waals surface area contributed by atoms with Crippen molar-refractivity contribution in [3.8, 4) is 0 Å². The van der Waals surface area contributed by atoms with E-state index in [1.165, 1.54) is 43.6 Å². The van der Waals surface area contributed by atoms with Crippen molar-refractivity contribution in [1.29, 1.82) is 0 Å². The third kappa shape index (κ3) is 5.34. The third-order valence-corrected chi connectivity index (χ3v) is 5.90. The number of guanidine groups is 1. The molecule has 0 saturated carbocycles. The minimum Gasteiger partial charge on any atom is -0.372 e. The van der Waals surface area contributed by atoms with Gasteiger partial charge in [-0.25, -0.2) is 0 Å². The molecule has 0 atom stereocenters. The minimum atomic E-state index is 0.828. The molecule has 164 valence electrons. The summed E-state index contributed by atoms with van der Waals surface area (Å²) in [6, 6.07) is 15.0. The van der Waals surface area contributed by atoms with Gasteiger partial charge in [-0.15, -0.1) is 10.2 Å². The fourth-order valence-electron chi connectivity index (χ4n) is 4.21. The Kier molecular flexibility index (Phi) is 7.02. The van der Waals surface area contributed by atoms with Crippen molar-refractivity contribution in [3.05, 3.63) is 60.0 Å². The van der Waals surface area contributed by atoms with Gasteiger partial charge >= 0.3 is 0 Å². The molecule has 7 nitrogen and oxygen atoms in total. The van der Waals surface area contributed by atoms with E-state index >= 15 is 0 Å². The van der Waals surface area contributed by atoms with Crippen LogP contribution in [-0.2, 0) is 13.0 Å². The molecule has 1 fully saturated rings. The Morgan fingerprint density at radius 3 is 2.65 bits per heavy atom. The number of rotatable bonds is 7. The Bertz CT molecular complexity index is 987. The average molecular weight is 420 g/mol. The number of anilines is 1. The Morgan fingerprint density at radius 2 is 1.87 bits per heavy atom. The molecule has 0 bridgehead atoms. The van der Waals surface area contributed by atoms with Gasteiger partial charge in [0.25, 0.3) is 0 Å². The molecule has 1 aliphatic heterocycles. The zero-order valence-corrected chi connectivity index (χ0v) is 18.7. The molecule has 3 aromatic rings. The molecule has 4 rings (SSSR count). The molecule has 0 radical (unpaired) electrons. The Balaban J connectivity index is 1.25. The molecule has 0 aliphatic carbocycles. The van der Waals surface area contributed by atoms with E-state index in [0.29, 0.717) is 0 Å². The number of aromatic nitrogens is 3. The van der Waals surface area contributed by atoms with Crippen molar-refractivity contribution in [3.63, 3.8) is 0 Å². The van der Waals surface area contributed by atoms with Gasteiger partial charge < -0.3 is 15.1 Å². The van der Waals surface area contributed by atoms with Crippen LogP contribution in [0.15, 0.2) is 53.7 Å². The summed E-state index contributed by atoms with van der Waals surface area (Å²) in [7, 11) is 3.92. The minimum absolute atomic E-state index is 0.828. The molecule has 7 heteroatoms. The summed E-state index contributed by atoms with van der Waals surface area (Å²) in [5.41, 5.74) is 3.53. The molecule has 0 spiro atoms. The lowest BCUT2D eigenvalue weighted by atomic mass is 10.1. The number of aryl methyl sites for hydroxylation is 1. The summed E-state index contributed by atoms with van der Waals surface area (Å²) in [5, 5.41) is 12.0. The number of pyridine rings is 1. The summed E-state index contributed by atoms with van der Waals surface area (Å²) in [4.78, 5) is 9.11. The monoisotopic (exact) mass is 419 g/mol. The average Bonchev–Trinajstić information content (AvgIpc) is 3.23. The molecule has 1 saturated heterocycles. The first-order valence-corrected chi connectivity index (χ1v) is 11.3. The number of fused-ring (bicyclic) bond motifs is 1. The maximum Gasteiger partial charge on any atom is 0.193 e. The number of nitrogens with one attached hydrogen (secondary N) is 1. The first kappa shape index (κ1) is 21.2. The smallest absolute Gasteiger partial charge is 0.193 e. The van der Waals surface area contributed by atoms with Crippen molar-refractivity contribution >= 4 is 17.3 Å². The predicted molar refractivity (Wildman–Crippen MR) is 127 cm³/mol. The van der Waals surface area contributed by atoms with Crippen LogP contribution in [-0.4, -0.2) is 59.2 Å². The van der Waals surface area contributed by atoms with Gasteiger partial charge in [0.15, 0.2) is 11.6 Å². The van der Waals surface area contributed by atoms with Gasteiger partial charge in [0.1, 0.15) is 5.82 Å². The van der Waals surface area contributed by atoms with E-state index in [1.54, 1.807) is 0 Å². The van der Waals surface area contributed by atoms with Crippen molar-refractivity contribution in [1.82, 2.24) is 24.8 Å². The van der Waals surface area contributed by atoms with Gasteiger partial charge in [0, 0.05) is 58.6 Å². The maximum absolute atomic E-state index is 4.45. The number of benzene rings is 1. The second-order valence-corrected chi connectivity index (χ2v) is 8.19. The zero-order chi connectivity index (χ0) is 21.5. The molecule has 31 heavy (non-hydrogen) atoms. The Morgan fingerprint density at radius 1 is 1.06 bits per heavy atom. The Hall–Kier alpha value is -3.09. The first-order valence-electron chi connectivity index (χ1n) is 11.3. The normalized spacial score (nSPS) is 14.8. The van der Waals surface area contributed by atoms with Gasteiger partial charge in [0.2, 0.25) is 0 Å². The lowest BCUT2D eigenvalue weighted by Crippen LogP contribution is -2.39. The second-order valence-electron chi connectivity index (χ2n) is 8.19. The molecule has 1 aliphatic rings. The van der Waals surface area contributed by atoms with Crippen molar-refractivity contribution in [2.24, 2.45) is 4.99 Å². The van der Waals surface area contributed by atoms with Crippen molar-refractivity contribution in [2.75, 3.05) is 38.6 Å². The van der Waals surface area contributed by atoms with E-state index in [-0.39, 0.29) is 0 Å². The highest BCUT2D eigenvalue weighted by Crippen LogP contribution is 2.20. The highest BCUT2D eigenvalue weighted by molar-refractivity contribution is 5.79. The Labute approximate surface area is 184 Å². The first-order chi connectivity index (χ1) is 15.2. The number of hydrogen-bond acceptors (Lipinski definition) is 4. The van der Waals surface area contributed by atoms with Crippen LogP contribution in [0, 0.1) is 0 Å². The van der Waals surface area contributed by atoms with Gasteiger partial charge in [-0.05, 0) is 55.5 Å². The molecule has 0 unspecified atom stereocenters. The highest BCUT2D eigenvalue weighted by atomic mass is 15.3. The summed E-state index contributed by atoms with van der Waals surface area (Å²) >= 11 is 0. The molecule has 1 N–H and O–H groups in total. The van der Waals surface area contributed by atoms with Crippen LogP contribution < -0.4 is 10.2 Å².